The largest absolute Gasteiger partial charge is 0.872 e. The summed E-state index contributed by atoms with van der Waals surface area (Å²) in [6.07, 6.45) is 1.68. The van der Waals surface area contributed by atoms with E-state index in [0.29, 0.717) is 47.9 Å². The number of benzene rings is 2. The van der Waals surface area contributed by atoms with E-state index in [0.717, 1.165) is 18.7 Å². The van der Waals surface area contributed by atoms with Gasteiger partial charge in [-0.3, -0.25) is 4.79 Å². The third-order valence-electron chi connectivity index (χ3n) is 5.26. The van der Waals surface area contributed by atoms with Crippen LogP contribution in [-0.4, -0.2) is 39.2 Å². The summed E-state index contributed by atoms with van der Waals surface area (Å²) in [4.78, 5) is 14.3. The number of carbonyl (C=O) groups excluding carboxylic acids is 1. The highest BCUT2D eigenvalue weighted by molar-refractivity contribution is 6.16. The molecule has 146 valence electrons. The number of nitrogens with one attached hydrogen (secondary N) is 1. The Bertz CT molecular complexity index is 944. The Labute approximate surface area is 163 Å². The Morgan fingerprint density at radius 2 is 2.00 bits per heavy atom. The van der Waals surface area contributed by atoms with E-state index in [2.05, 4.69) is 0 Å². The summed E-state index contributed by atoms with van der Waals surface area (Å²) in [7, 11) is 1.58. The molecule has 0 atom stereocenters. The third-order valence-corrected chi connectivity index (χ3v) is 5.26. The van der Waals surface area contributed by atoms with Crippen LogP contribution in [0.2, 0.25) is 0 Å². The molecule has 0 unspecified atom stereocenters. The van der Waals surface area contributed by atoms with E-state index in [1.807, 2.05) is 24.3 Å². The van der Waals surface area contributed by atoms with Gasteiger partial charge in [0.1, 0.15) is 31.1 Å². The lowest BCUT2D eigenvalue weighted by molar-refractivity contribution is -0.921. The van der Waals surface area contributed by atoms with Gasteiger partial charge in [-0.15, -0.1) is 0 Å². The van der Waals surface area contributed by atoms with Crippen LogP contribution in [0.15, 0.2) is 36.1 Å². The van der Waals surface area contributed by atoms with Crippen molar-refractivity contribution < 1.29 is 29.0 Å². The number of quaternary nitrogens is 1. The van der Waals surface area contributed by atoms with Crippen molar-refractivity contribution in [1.29, 1.82) is 0 Å². The number of rotatable bonds is 4. The quantitative estimate of drug-likeness (QED) is 0.804. The van der Waals surface area contributed by atoms with Gasteiger partial charge in [-0.2, -0.15) is 0 Å². The molecule has 6 nitrogen and oxygen atoms in total. The molecular formula is C22H23NO5. The van der Waals surface area contributed by atoms with Gasteiger partial charge in [0.05, 0.1) is 25.9 Å². The molecule has 0 amide bonds. The van der Waals surface area contributed by atoms with Gasteiger partial charge in [0.2, 0.25) is 5.78 Å². The number of hydrogen-bond donors (Lipinski definition) is 1. The van der Waals surface area contributed by atoms with Crippen LogP contribution in [0.25, 0.3) is 6.08 Å². The number of morpholine rings is 1. The van der Waals surface area contributed by atoms with E-state index in [4.69, 9.17) is 14.2 Å². The van der Waals surface area contributed by atoms with Crippen molar-refractivity contribution in [2.45, 2.75) is 13.5 Å². The Hall–Kier alpha value is -2.83. The van der Waals surface area contributed by atoms with Crippen LogP contribution in [0.4, 0.5) is 0 Å². The molecule has 0 saturated carbocycles. The van der Waals surface area contributed by atoms with Crippen LogP contribution in [0, 0.1) is 6.92 Å². The van der Waals surface area contributed by atoms with Gasteiger partial charge in [-0.25, -0.2) is 0 Å². The third kappa shape index (κ3) is 3.37. The fourth-order valence-electron chi connectivity index (χ4n) is 3.75. The lowest BCUT2D eigenvalue weighted by Crippen LogP contribution is -3.12. The monoisotopic (exact) mass is 381 g/mol. The van der Waals surface area contributed by atoms with E-state index in [-0.39, 0.29) is 17.3 Å². The van der Waals surface area contributed by atoms with Gasteiger partial charge >= 0.3 is 0 Å². The molecule has 4 rings (SSSR count). The molecule has 6 heteroatoms. The first-order chi connectivity index (χ1) is 13.6. The number of para-hydroxylation sites is 1. The first-order valence-electron chi connectivity index (χ1n) is 9.40. The highest BCUT2D eigenvalue weighted by atomic mass is 16.5. The maximum atomic E-state index is 13.0. The standard InChI is InChI=1S/C22H23NO5/c1-14-11-17(24)16(13-23-7-9-27-10-8-23)22-20(14)21(25)19(28-22)12-15-5-3-4-6-18(15)26-2/h3-6,11-12,24H,7-10,13H2,1-2H3. The number of aryl methyl sites for hydroxylation is 1. The van der Waals surface area contributed by atoms with Crippen molar-refractivity contribution in [1.82, 2.24) is 0 Å². The number of hydrogen-bond acceptors (Lipinski definition) is 5. The average molecular weight is 381 g/mol. The molecule has 2 aliphatic rings. The second kappa shape index (κ2) is 7.66. The van der Waals surface area contributed by atoms with E-state index >= 15 is 0 Å². The molecule has 2 heterocycles. The molecule has 0 bridgehead atoms. The molecule has 0 aliphatic carbocycles. The zero-order valence-corrected chi connectivity index (χ0v) is 16.0. The van der Waals surface area contributed by atoms with Crippen molar-refractivity contribution in [2.24, 2.45) is 0 Å². The molecule has 2 aromatic rings. The average Bonchev–Trinajstić information content (AvgIpc) is 3.03. The molecule has 0 aromatic heterocycles. The predicted molar refractivity (Wildman–Crippen MR) is 102 cm³/mol. The SMILES string of the molecule is COc1ccccc1C=C1Oc2c(C[NH+]3CCOCC3)c([O-])cc(C)c2C1=O. The maximum absolute atomic E-state index is 13.0. The molecule has 28 heavy (non-hydrogen) atoms. The molecule has 2 aromatic carbocycles. The Morgan fingerprint density at radius 1 is 1.25 bits per heavy atom. The van der Waals surface area contributed by atoms with Crippen molar-refractivity contribution in [3.8, 4) is 17.2 Å². The number of methoxy groups -OCH3 is 1. The minimum Gasteiger partial charge on any atom is -0.872 e. The van der Waals surface area contributed by atoms with Crippen molar-refractivity contribution >= 4 is 11.9 Å². The second-order valence-corrected chi connectivity index (χ2v) is 7.10. The summed E-state index contributed by atoms with van der Waals surface area (Å²) in [6.45, 7) is 5.32. The van der Waals surface area contributed by atoms with Gasteiger partial charge in [0, 0.05) is 11.1 Å². The van der Waals surface area contributed by atoms with Crippen LogP contribution in [0.3, 0.4) is 0 Å². The molecule has 0 radical (unpaired) electrons. The van der Waals surface area contributed by atoms with Crippen molar-refractivity contribution in [3.63, 3.8) is 0 Å². The van der Waals surface area contributed by atoms with Crippen molar-refractivity contribution in [3.05, 3.63) is 58.3 Å². The number of allylic oxidation sites excluding steroid dienone is 1. The van der Waals surface area contributed by atoms with Crippen LogP contribution < -0.4 is 19.5 Å². The molecule has 1 N–H and O–H groups in total. The lowest BCUT2D eigenvalue weighted by Gasteiger charge is -2.26. The van der Waals surface area contributed by atoms with Crippen LogP contribution >= 0.6 is 0 Å². The lowest BCUT2D eigenvalue weighted by atomic mass is 9.99. The van der Waals surface area contributed by atoms with Gasteiger partial charge in [-0.1, -0.05) is 30.0 Å². The molecule has 1 fully saturated rings. The highest BCUT2D eigenvalue weighted by Crippen LogP contribution is 2.41. The van der Waals surface area contributed by atoms with E-state index in [1.165, 1.54) is 4.90 Å². The number of ether oxygens (including phenoxy) is 3. The molecule has 2 aliphatic heterocycles. The van der Waals surface area contributed by atoms with Crippen LogP contribution in [-0.2, 0) is 11.3 Å². The fraction of sp³-hybridized carbons (Fsp3) is 0.318. The van der Waals surface area contributed by atoms with E-state index in [1.54, 1.807) is 26.2 Å². The number of fused-ring (bicyclic) bond motifs is 1. The van der Waals surface area contributed by atoms with Gasteiger partial charge in [-0.05, 0) is 24.6 Å². The Morgan fingerprint density at radius 3 is 2.75 bits per heavy atom. The zero-order valence-electron chi connectivity index (χ0n) is 16.0. The normalized spacial score (nSPS) is 18.2. The first kappa shape index (κ1) is 18.5. The van der Waals surface area contributed by atoms with E-state index in [9.17, 15) is 9.90 Å². The maximum Gasteiger partial charge on any atom is 0.232 e. The zero-order chi connectivity index (χ0) is 19.7. The van der Waals surface area contributed by atoms with Gasteiger partial charge in [0.25, 0.3) is 0 Å². The number of ketones is 1. The second-order valence-electron chi connectivity index (χ2n) is 7.10. The topological polar surface area (TPSA) is 72.3 Å². The summed E-state index contributed by atoms with van der Waals surface area (Å²) in [5, 5.41) is 12.7. The van der Waals surface area contributed by atoms with Gasteiger partial charge in [0.15, 0.2) is 5.76 Å². The molecule has 0 spiro atoms. The number of carbonyl (C=O) groups is 1. The summed E-state index contributed by atoms with van der Waals surface area (Å²) >= 11 is 0. The first-order valence-corrected chi connectivity index (χ1v) is 9.40. The minimum atomic E-state index is -0.198. The minimum absolute atomic E-state index is 0.0819. The fourth-order valence-corrected chi connectivity index (χ4v) is 3.75. The van der Waals surface area contributed by atoms with Crippen LogP contribution in [0.1, 0.15) is 27.0 Å². The smallest absolute Gasteiger partial charge is 0.232 e. The summed E-state index contributed by atoms with van der Waals surface area (Å²) in [5.74, 6) is 1.00. The van der Waals surface area contributed by atoms with Crippen LogP contribution in [0.5, 0.6) is 17.2 Å². The Kier molecular flexibility index (Phi) is 5.07. The summed E-state index contributed by atoms with van der Waals surface area (Å²) < 4.78 is 16.7. The highest BCUT2D eigenvalue weighted by Gasteiger charge is 2.33. The summed E-state index contributed by atoms with van der Waals surface area (Å²) in [5.41, 5.74) is 2.45. The summed E-state index contributed by atoms with van der Waals surface area (Å²) in [6, 6.07) is 8.96. The van der Waals surface area contributed by atoms with E-state index < -0.39 is 0 Å². The molecular weight excluding hydrogens is 358 g/mol. The number of Topliss-reactive ketones (excluding diaryl/α,β-unsaturated/α-hetero) is 1. The predicted octanol–water partition coefficient (Wildman–Crippen LogP) is 1.11. The molecule has 1 saturated heterocycles. The van der Waals surface area contributed by atoms with Gasteiger partial charge < -0.3 is 24.2 Å². The Balaban J connectivity index is 1.72. The van der Waals surface area contributed by atoms with Crippen molar-refractivity contribution in [2.75, 3.05) is 33.4 Å².